The van der Waals surface area contributed by atoms with E-state index in [0.29, 0.717) is 6.42 Å². The molecule has 0 aliphatic carbocycles. The molecule has 0 amide bonds. The van der Waals surface area contributed by atoms with Gasteiger partial charge in [-0.3, -0.25) is 18.5 Å². The summed E-state index contributed by atoms with van der Waals surface area (Å²) in [6, 6.07) is 2.73. The molecule has 13 nitrogen and oxygen atoms in total. The lowest BCUT2D eigenvalue weighted by molar-refractivity contribution is 0.0978. The van der Waals surface area contributed by atoms with Gasteiger partial charge < -0.3 is 14.2 Å². The maximum absolute atomic E-state index is 12.8. The summed E-state index contributed by atoms with van der Waals surface area (Å²) in [6.45, 7) is 1.37. The average Bonchev–Trinajstić information content (AvgIpc) is 2.76. The number of carbonyl (C=O) groups excluding carboxylic acids is 1. The van der Waals surface area contributed by atoms with Gasteiger partial charge in [0.15, 0.2) is 17.3 Å². The smallest absolute Gasteiger partial charge is 0.264 e. The third-order valence-electron chi connectivity index (χ3n) is 4.75. The van der Waals surface area contributed by atoms with Gasteiger partial charge in [0.25, 0.3) is 30.4 Å². The lowest BCUT2D eigenvalue weighted by Gasteiger charge is -2.18. The zero-order chi connectivity index (χ0) is 28.1. The average molecular weight is 591 g/mol. The highest BCUT2D eigenvalue weighted by molar-refractivity contribution is 7.86. The molecule has 0 aromatic heterocycles. The minimum absolute atomic E-state index is 0.0201. The maximum atomic E-state index is 12.8. The molecule has 214 valence electrons. The molecule has 0 saturated heterocycles. The number of ether oxygens (including phenoxy) is 3. The molecule has 3 N–H and O–H groups in total. The van der Waals surface area contributed by atoms with Crippen molar-refractivity contribution in [3.05, 3.63) is 17.7 Å². The Balaban J connectivity index is 3.24. The highest BCUT2D eigenvalue weighted by atomic mass is 32.2. The summed E-state index contributed by atoms with van der Waals surface area (Å²) in [6.07, 6.45) is 2.29. The summed E-state index contributed by atoms with van der Waals surface area (Å²) >= 11 is 0. The van der Waals surface area contributed by atoms with Crippen LogP contribution in [0.4, 0.5) is 0 Å². The summed E-state index contributed by atoms with van der Waals surface area (Å²) in [5, 5.41) is 0. The van der Waals surface area contributed by atoms with Crippen molar-refractivity contribution in [2.45, 2.75) is 51.9 Å². The van der Waals surface area contributed by atoms with Gasteiger partial charge in [-0.25, -0.2) is 0 Å². The lowest BCUT2D eigenvalue weighted by atomic mass is 10.0. The van der Waals surface area contributed by atoms with Gasteiger partial charge in [0.2, 0.25) is 5.75 Å². The van der Waals surface area contributed by atoms with Gasteiger partial charge in [-0.05, 0) is 37.8 Å². The predicted molar refractivity (Wildman–Crippen MR) is 134 cm³/mol. The summed E-state index contributed by atoms with van der Waals surface area (Å²) in [5.41, 5.74) is 0.191. The Labute approximate surface area is 217 Å². The van der Waals surface area contributed by atoms with Crippen LogP contribution in [0.5, 0.6) is 17.2 Å². The van der Waals surface area contributed by atoms with Gasteiger partial charge in [0, 0.05) is 12.0 Å². The second-order valence-electron chi connectivity index (χ2n) is 8.15. The summed E-state index contributed by atoms with van der Waals surface area (Å²) < 4.78 is 110. The van der Waals surface area contributed by atoms with Gasteiger partial charge >= 0.3 is 0 Å². The quantitative estimate of drug-likeness (QED) is 0.113. The number of Topliss-reactive ketones (excluding diaryl/α,β-unsaturated/α-hetero) is 1. The Bertz CT molecular complexity index is 1130. The van der Waals surface area contributed by atoms with Crippen LogP contribution < -0.4 is 14.2 Å². The molecule has 37 heavy (non-hydrogen) atoms. The summed E-state index contributed by atoms with van der Waals surface area (Å²) in [7, 11) is -12.7. The number of unbranched alkanes of at least 4 members (excludes halogenated alkanes) is 2. The van der Waals surface area contributed by atoms with E-state index in [1.54, 1.807) is 0 Å². The van der Waals surface area contributed by atoms with Crippen LogP contribution in [-0.4, -0.2) is 81.8 Å². The number of hydrogen-bond donors (Lipinski definition) is 3. The van der Waals surface area contributed by atoms with Crippen LogP contribution in [-0.2, 0) is 30.4 Å². The highest BCUT2D eigenvalue weighted by Crippen LogP contribution is 2.40. The van der Waals surface area contributed by atoms with Crippen LogP contribution in [0, 0.1) is 0 Å². The summed E-state index contributed by atoms with van der Waals surface area (Å²) in [5.74, 6) is -2.08. The molecule has 0 atom stereocenters. The van der Waals surface area contributed by atoms with Gasteiger partial charge in [-0.1, -0.05) is 19.8 Å². The number of hydrogen-bond acceptors (Lipinski definition) is 10. The van der Waals surface area contributed by atoms with E-state index in [4.69, 9.17) is 27.9 Å². The Morgan fingerprint density at radius 2 is 1.08 bits per heavy atom. The van der Waals surface area contributed by atoms with Crippen molar-refractivity contribution in [2.75, 3.05) is 37.1 Å². The Hall–Kier alpha value is -1.98. The first kappa shape index (κ1) is 33.0. The van der Waals surface area contributed by atoms with E-state index in [1.807, 2.05) is 6.92 Å². The molecular weight excluding hydrogens is 556 g/mol. The third-order valence-corrected chi connectivity index (χ3v) is 7.17. The SMILES string of the molecule is CCCCCC(=O)c1cc(OCCCS(=O)(=O)O)c(OCCCS(=O)(=O)O)c(OCCCS(=O)(=O)O)c1. The molecule has 16 heteroatoms. The normalized spacial score (nSPS) is 12.3. The molecule has 1 aromatic rings. The fourth-order valence-corrected chi connectivity index (χ4v) is 4.48. The molecule has 0 bridgehead atoms. The lowest BCUT2D eigenvalue weighted by Crippen LogP contribution is -2.13. The van der Waals surface area contributed by atoms with Gasteiger partial charge in [0.1, 0.15) is 0 Å². The second kappa shape index (κ2) is 15.4. The van der Waals surface area contributed by atoms with E-state index >= 15 is 0 Å². The van der Waals surface area contributed by atoms with Crippen molar-refractivity contribution in [1.82, 2.24) is 0 Å². The number of benzene rings is 1. The monoisotopic (exact) mass is 590 g/mol. The number of rotatable bonds is 20. The topological polar surface area (TPSA) is 208 Å². The minimum Gasteiger partial charge on any atom is -0.489 e. The van der Waals surface area contributed by atoms with Crippen LogP contribution in [0.1, 0.15) is 62.2 Å². The van der Waals surface area contributed by atoms with Crippen LogP contribution in [0.3, 0.4) is 0 Å². The van der Waals surface area contributed by atoms with E-state index in [9.17, 15) is 30.0 Å². The Kier molecular flexibility index (Phi) is 13.8. The zero-order valence-corrected chi connectivity index (χ0v) is 22.9. The van der Waals surface area contributed by atoms with Crippen LogP contribution in [0.15, 0.2) is 12.1 Å². The molecule has 0 saturated carbocycles. The zero-order valence-electron chi connectivity index (χ0n) is 20.5. The first-order valence-corrected chi connectivity index (χ1v) is 16.4. The predicted octanol–water partition coefficient (Wildman–Crippen LogP) is 2.42. The van der Waals surface area contributed by atoms with Crippen molar-refractivity contribution < 1.29 is 57.9 Å². The fourth-order valence-electron chi connectivity index (χ4n) is 3.04. The van der Waals surface area contributed by atoms with Crippen molar-refractivity contribution in [1.29, 1.82) is 0 Å². The first-order chi connectivity index (χ1) is 17.1. The Morgan fingerprint density at radius 3 is 1.46 bits per heavy atom. The molecule has 0 aliphatic rings. The first-order valence-electron chi connectivity index (χ1n) is 11.6. The van der Waals surface area contributed by atoms with E-state index < -0.39 is 47.6 Å². The standard InChI is InChI=1S/C21H34O13S3/c1-2-3-4-8-18(22)17-15-19(32-9-5-12-35(23,24)25)21(34-11-7-14-37(29,30)31)20(16-17)33-10-6-13-36(26,27)28/h15-16H,2-14H2,1H3,(H,23,24,25)(H,26,27,28)(H,29,30,31). The second-order valence-corrected chi connectivity index (χ2v) is 12.9. The van der Waals surface area contributed by atoms with Crippen LogP contribution in [0.2, 0.25) is 0 Å². The molecular formula is C21H34O13S3. The molecule has 0 fully saturated rings. The molecule has 0 radical (unpaired) electrons. The molecule has 1 aromatic carbocycles. The van der Waals surface area contributed by atoms with Crippen molar-refractivity contribution in [2.24, 2.45) is 0 Å². The van der Waals surface area contributed by atoms with Gasteiger partial charge in [0.05, 0.1) is 37.1 Å². The van der Waals surface area contributed by atoms with Gasteiger partial charge in [-0.2, -0.15) is 25.3 Å². The van der Waals surface area contributed by atoms with Crippen molar-refractivity contribution >= 4 is 36.1 Å². The van der Waals surface area contributed by atoms with Crippen molar-refractivity contribution in [3.63, 3.8) is 0 Å². The molecule has 0 unspecified atom stereocenters. The fraction of sp³-hybridized carbons (Fsp3) is 0.667. The van der Waals surface area contributed by atoms with E-state index in [0.717, 1.165) is 12.8 Å². The van der Waals surface area contributed by atoms with E-state index in [-0.39, 0.29) is 74.1 Å². The van der Waals surface area contributed by atoms with E-state index in [2.05, 4.69) is 0 Å². The minimum atomic E-state index is -4.24. The third kappa shape index (κ3) is 15.8. The molecule has 0 heterocycles. The molecule has 0 aliphatic heterocycles. The summed E-state index contributed by atoms with van der Waals surface area (Å²) in [4.78, 5) is 12.8. The number of carbonyl (C=O) groups is 1. The molecule has 0 spiro atoms. The number of ketones is 1. The van der Waals surface area contributed by atoms with Crippen LogP contribution >= 0.6 is 0 Å². The largest absolute Gasteiger partial charge is 0.489 e. The van der Waals surface area contributed by atoms with E-state index in [1.165, 1.54) is 12.1 Å². The highest BCUT2D eigenvalue weighted by Gasteiger charge is 2.20. The van der Waals surface area contributed by atoms with Crippen molar-refractivity contribution in [3.8, 4) is 17.2 Å². The van der Waals surface area contributed by atoms with Crippen LogP contribution in [0.25, 0.3) is 0 Å². The Morgan fingerprint density at radius 1 is 0.676 bits per heavy atom. The maximum Gasteiger partial charge on any atom is 0.264 e. The van der Waals surface area contributed by atoms with Gasteiger partial charge in [-0.15, -0.1) is 0 Å². The molecule has 1 rings (SSSR count).